The van der Waals surface area contributed by atoms with Gasteiger partial charge >= 0.3 is 0 Å². The molecule has 1 aliphatic heterocycles. The van der Waals surface area contributed by atoms with Crippen LogP contribution in [0.1, 0.15) is 38.1 Å². The van der Waals surface area contributed by atoms with Gasteiger partial charge in [0.2, 0.25) is 0 Å². The van der Waals surface area contributed by atoms with Gasteiger partial charge in [-0.3, -0.25) is 14.8 Å². The molecule has 1 saturated carbocycles. The van der Waals surface area contributed by atoms with Crippen LogP contribution >= 0.6 is 0 Å². The molecule has 0 amide bonds. The summed E-state index contributed by atoms with van der Waals surface area (Å²) in [5.74, 6) is 0. The fourth-order valence-corrected chi connectivity index (χ4v) is 2.98. The second kappa shape index (κ2) is 6.86. The number of hydrogen-bond donors (Lipinski definition) is 1. The Morgan fingerprint density at radius 3 is 2.52 bits per heavy atom. The van der Waals surface area contributed by atoms with E-state index in [9.17, 15) is 0 Å². The summed E-state index contributed by atoms with van der Waals surface area (Å²) < 4.78 is 0. The normalized spacial score (nSPS) is 21.1. The summed E-state index contributed by atoms with van der Waals surface area (Å²) in [7, 11) is 0. The van der Waals surface area contributed by atoms with Crippen LogP contribution in [0.2, 0.25) is 0 Å². The Hall–Kier alpha value is -0.970. The largest absolute Gasteiger partial charge is 0.309 e. The lowest BCUT2D eigenvalue weighted by Crippen LogP contribution is -2.46. The van der Waals surface area contributed by atoms with Crippen LogP contribution in [0, 0.1) is 0 Å². The van der Waals surface area contributed by atoms with Crippen molar-refractivity contribution in [3.05, 3.63) is 29.6 Å². The highest BCUT2D eigenvalue weighted by Crippen LogP contribution is 2.27. The van der Waals surface area contributed by atoms with Gasteiger partial charge in [-0.25, -0.2) is 0 Å². The van der Waals surface area contributed by atoms with Crippen molar-refractivity contribution in [3.8, 4) is 0 Å². The van der Waals surface area contributed by atoms with Gasteiger partial charge in [-0.1, -0.05) is 19.9 Å². The molecule has 0 radical (unpaired) electrons. The van der Waals surface area contributed by atoms with Crippen molar-refractivity contribution in [3.63, 3.8) is 0 Å². The second-order valence-corrected chi connectivity index (χ2v) is 6.70. The fraction of sp³-hybridized carbons (Fsp3) is 0.706. The summed E-state index contributed by atoms with van der Waals surface area (Å²) in [6.07, 6.45) is 2.85. The van der Waals surface area contributed by atoms with Crippen molar-refractivity contribution in [1.82, 2.24) is 20.1 Å². The van der Waals surface area contributed by atoms with E-state index in [-0.39, 0.29) is 0 Å². The molecule has 116 valence electrons. The maximum Gasteiger partial charge on any atom is 0.0547 e. The number of aromatic nitrogens is 1. The molecule has 1 aromatic rings. The number of nitrogens with zero attached hydrogens (tertiary/aromatic N) is 3. The van der Waals surface area contributed by atoms with Gasteiger partial charge in [0.15, 0.2) is 0 Å². The first-order chi connectivity index (χ1) is 10.2. The SMILES string of the molecule is CC(C)NCc1cccc(CN2CCN(C3CC3)CC2)n1. The summed E-state index contributed by atoms with van der Waals surface area (Å²) in [5.41, 5.74) is 2.36. The molecule has 4 nitrogen and oxygen atoms in total. The molecule has 0 spiro atoms. The molecule has 1 saturated heterocycles. The van der Waals surface area contributed by atoms with Crippen molar-refractivity contribution in [2.45, 2.75) is 51.9 Å². The first-order valence-corrected chi connectivity index (χ1v) is 8.35. The molecular weight excluding hydrogens is 260 g/mol. The fourth-order valence-electron chi connectivity index (χ4n) is 2.98. The number of hydrogen-bond acceptors (Lipinski definition) is 4. The van der Waals surface area contributed by atoms with Crippen LogP contribution in [0.15, 0.2) is 18.2 Å². The number of rotatable bonds is 6. The third-order valence-corrected chi connectivity index (χ3v) is 4.41. The van der Waals surface area contributed by atoms with Gasteiger partial charge in [-0.2, -0.15) is 0 Å². The molecule has 21 heavy (non-hydrogen) atoms. The quantitative estimate of drug-likeness (QED) is 0.866. The molecule has 0 atom stereocenters. The Kier molecular flexibility index (Phi) is 4.88. The molecule has 0 unspecified atom stereocenters. The van der Waals surface area contributed by atoms with E-state index >= 15 is 0 Å². The zero-order valence-corrected chi connectivity index (χ0v) is 13.4. The Labute approximate surface area is 128 Å². The maximum absolute atomic E-state index is 4.79. The average Bonchev–Trinajstić information content (AvgIpc) is 3.31. The van der Waals surface area contributed by atoms with E-state index in [4.69, 9.17) is 4.98 Å². The second-order valence-electron chi connectivity index (χ2n) is 6.70. The Morgan fingerprint density at radius 2 is 1.86 bits per heavy atom. The topological polar surface area (TPSA) is 31.4 Å². The van der Waals surface area contributed by atoms with Crippen LogP contribution in [-0.2, 0) is 13.1 Å². The molecule has 0 bridgehead atoms. The highest BCUT2D eigenvalue weighted by atomic mass is 15.3. The lowest BCUT2D eigenvalue weighted by Gasteiger charge is -2.34. The molecule has 2 aliphatic rings. The smallest absolute Gasteiger partial charge is 0.0547 e. The van der Waals surface area contributed by atoms with E-state index in [2.05, 4.69) is 47.2 Å². The van der Waals surface area contributed by atoms with Gasteiger partial charge in [0, 0.05) is 51.4 Å². The molecule has 1 aromatic heterocycles. The zero-order valence-electron chi connectivity index (χ0n) is 13.4. The first-order valence-electron chi connectivity index (χ1n) is 8.35. The van der Waals surface area contributed by atoms with Crippen molar-refractivity contribution in [1.29, 1.82) is 0 Å². The predicted molar refractivity (Wildman–Crippen MR) is 86.1 cm³/mol. The van der Waals surface area contributed by atoms with Crippen LogP contribution < -0.4 is 5.32 Å². The minimum Gasteiger partial charge on any atom is -0.309 e. The Balaban J connectivity index is 1.49. The van der Waals surface area contributed by atoms with Gasteiger partial charge < -0.3 is 5.32 Å². The van der Waals surface area contributed by atoms with Crippen LogP contribution in [0.25, 0.3) is 0 Å². The summed E-state index contributed by atoms with van der Waals surface area (Å²) in [4.78, 5) is 9.99. The van der Waals surface area contributed by atoms with Crippen molar-refractivity contribution in [2.24, 2.45) is 0 Å². The van der Waals surface area contributed by atoms with E-state index in [1.54, 1.807) is 0 Å². The predicted octanol–water partition coefficient (Wildman–Crippen LogP) is 1.86. The summed E-state index contributed by atoms with van der Waals surface area (Å²) in [6.45, 7) is 11.0. The molecule has 2 fully saturated rings. The van der Waals surface area contributed by atoms with E-state index < -0.39 is 0 Å². The van der Waals surface area contributed by atoms with Crippen LogP contribution in [0.4, 0.5) is 0 Å². The number of pyridine rings is 1. The summed E-state index contributed by atoms with van der Waals surface area (Å²) in [5, 5.41) is 3.44. The summed E-state index contributed by atoms with van der Waals surface area (Å²) >= 11 is 0. The monoisotopic (exact) mass is 288 g/mol. The van der Waals surface area contributed by atoms with Crippen molar-refractivity contribution in [2.75, 3.05) is 26.2 Å². The highest BCUT2D eigenvalue weighted by molar-refractivity contribution is 5.11. The minimum atomic E-state index is 0.506. The standard InChI is InChI=1S/C17H28N4/c1-14(2)18-12-15-4-3-5-16(19-15)13-20-8-10-21(11-9-20)17-6-7-17/h3-5,14,17-18H,6-13H2,1-2H3. The van der Waals surface area contributed by atoms with E-state index in [1.807, 2.05) is 0 Å². The molecule has 1 N–H and O–H groups in total. The molecular formula is C17H28N4. The average molecular weight is 288 g/mol. The van der Waals surface area contributed by atoms with Crippen LogP contribution in [-0.4, -0.2) is 53.0 Å². The van der Waals surface area contributed by atoms with Gasteiger partial charge in [0.05, 0.1) is 11.4 Å². The van der Waals surface area contributed by atoms with Gasteiger partial charge in [-0.15, -0.1) is 0 Å². The van der Waals surface area contributed by atoms with Crippen LogP contribution in [0.5, 0.6) is 0 Å². The van der Waals surface area contributed by atoms with Crippen molar-refractivity contribution < 1.29 is 0 Å². The number of nitrogens with one attached hydrogen (secondary N) is 1. The third-order valence-electron chi connectivity index (χ3n) is 4.41. The molecule has 3 rings (SSSR count). The van der Waals surface area contributed by atoms with E-state index in [1.165, 1.54) is 44.7 Å². The molecule has 1 aliphatic carbocycles. The van der Waals surface area contributed by atoms with Gasteiger partial charge in [0.25, 0.3) is 0 Å². The maximum atomic E-state index is 4.79. The van der Waals surface area contributed by atoms with Gasteiger partial charge in [-0.05, 0) is 25.0 Å². The van der Waals surface area contributed by atoms with E-state index in [0.717, 1.165) is 24.8 Å². The third kappa shape index (κ3) is 4.50. The van der Waals surface area contributed by atoms with Crippen LogP contribution in [0.3, 0.4) is 0 Å². The Bertz CT molecular complexity index is 448. The van der Waals surface area contributed by atoms with Gasteiger partial charge in [0.1, 0.15) is 0 Å². The zero-order chi connectivity index (χ0) is 14.7. The van der Waals surface area contributed by atoms with E-state index in [0.29, 0.717) is 6.04 Å². The molecule has 4 heteroatoms. The number of piperazine rings is 1. The highest BCUT2D eigenvalue weighted by Gasteiger charge is 2.31. The first kappa shape index (κ1) is 14.9. The summed E-state index contributed by atoms with van der Waals surface area (Å²) in [6, 6.07) is 7.83. The molecule has 0 aromatic carbocycles. The Morgan fingerprint density at radius 1 is 1.14 bits per heavy atom. The minimum absolute atomic E-state index is 0.506. The van der Waals surface area contributed by atoms with Crippen molar-refractivity contribution >= 4 is 0 Å². The lowest BCUT2D eigenvalue weighted by atomic mass is 10.2. The molecule has 2 heterocycles. The lowest BCUT2D eigenvalue weighted by molar-refractivity contribution is 0.120.